The predicted molar refractivity (Wildman–Crippen MR) is 42.8 cm³/mol. The Morgan fingerprint density at radius 3 is 2.33 bits per heavy atom. The molecule has 0 spiro atoms. The van der Waals surface area contributed by atoms with Crippen LogP contribution in [-0.4, -0.2) is 43.9 Å². The van der Waals surface area contributed by atoms with Gasteiger partial charge in [-0.1, -0.05) is 0 Å². The number of hydrogen-bond acceptors (Lipinski definition) is 4. The van der Waals surface area contributed by atoms with Crippen molar-refractivity contribution in [2.75, 3.05) is 14.2 Å². The number of ether oxygens (including phenoxy) is 3. The topological polar surface area (TPSA) is 51.2 Å². The van der Waals surface area contributed by atoms with Gasteiger partial charge in [-0.3, -0.25) is 0 Å². The Bertz CT molecular complexity index is 133. The molecule has 1 aliphatic heterocycles. The lowest BCUT2D eigenvalue weighted by molar-refractivity contribution is -0.109. The molecule has 0 aromatic carbocycles. The third kappa shape index (κ3) is 2.42. The standard InChI is InChI=1S/C8H16O4/c1-5(9)8-6(12-8)4-7(10-2)11-3/h5-9H,4H2,1-3H3. The van der Waals surface area contributed by atoms with Crippen LogP contribution in [0.5, 0.6) is 0 Å². The van der Waals surface area contributed by atoms with E-state index >= 15 is 0 Å². The summed E-state index contributed by atoms with van der Waals surface area (Å²) in [6.07, 6.45) is 0.124. The molecule has 1 aliphatic rings. The second kappa shape index (κ2) is 4.18. The van der Waals surface area contributed by atoms with Crippen molar-refractivity contribution in [2.24, 2.45) is 0 Å². The summed E-state index contributed by atoms with van der Waals surface area (Å²) in [6.45, 7) is 1.72. The number of epoxide rings is 1. The fourth-order valence-electron chi connectivity index (χ4n) is 1.25. The molecule has 4 heteroatoms. The van der Waals surface area contributed by atoms with E-state index in [9.17, 15) is 0 Å². The number of aliphatic hydroxyl groups excluding tert-OH is 1. The second-order valence-corrected chi connectivity index (χ2v) is 3.02. The third-order valence-electron chi connectivity index (χ3n) is 2.05. The first-order valence-electron chi connectivity index (χ1n) is 4.08. The molecule has 0 saturated carbocycles. The van der Waals surface area contributed by atoms with E-state index in [4.69, 9.17) is 19.3 Å². The van der Waals surface area contributed by atoms with Gasteiger partial charge in [-0.15, -0.1) is 0 Å². The van der Waals surface area contributed by atoms with E-state index in [1.54, 1.807) is 21.1 Å². The van der Waals surface area contributed by atoms with Crippen molar-refractivity contribution in [1.29, 1.82) is 0 Å². The van der Waals surface area contributed by atoms with Crippen molar-refractivity contribution in [2.45, 2.75) is 37.9 Å². The molecule has 3 atom stereocenters. The smallest absolute Gasteiger partial charge is 0.159 e. The highest BCUT2D eigenvalue weighted by Crippen LogP contribution is 2.29. The van der Waals surface area contributed by atoms with Gasteiger partial charge in [0.2, 0.25) is 0 Å². The minimum absolute atomic E-state index is 0.0298. The molecule has 0 amide bonds. The minimum Gasteiger partial charge on any atom is -0.391 e. The van der Waals surface area contributed by atoms with Crippen LogP contribution in [0.15, 0.2) is 0 Å². The highest BCUT2D eigenvalue weighted by Gasteiger charge is 2.43. The van der Waals surface area contributed by atoms with Gasteiger partial charge >= 0.3 is 0 Å². The molecule has 0 bridgehead atoms. The summed E-state index contributed by atoms with van der Waals surface area (Å²) in [5.74, 6) is 0. The van der Waals surface area contributed by atoms with Crippen LogP contribution in [0, 0.1) is 0 Å². The lowest BCUT2D eigenvalue weighted by Gasteiger charge is -2.11. The van der Waals surface area contributed by atoms with Crippen molar-refractivity contribution in [1.82, 2.24) is 0 Å². The van der Waals surface area contributed by atoms with Crippen LogP contribution in [0.2, 0.25) is 0 Å². The Morgan fingerprint density at radius 1 is 1.42 bits per heavy atom. The number of hydrogen-bond donors (Lipinski definition) is 1. The van der Waals surface area contributed by atoms with Crippen molar-refractivity contribution in [3.8, 4) is 0 Å². The highest BCUT2D eigenvalue weighted by molar-refractivity contribution is 4.89. The number of methoxy groups -OCH3 is 2. The fraction of sp³-hybridized carbons (Fsp3) is 1.00. The number of rotatable bonds is 5. The maximum absolute atomic E-state index is 9.11. The SMILES string of the molecule is COC(CC1OC1C(C)O)OC. The summed E-state index contributed by atoms with van der Waals surface area (Å²) in [7, 11) is 3.18. The Labute approximate surface area is 72.4 Å². The molecule has 0 aromatic rings. The molecule has 1 N–H and O–H groups in total. The van der Waals surface area contributed by atoms with Gasteiger partial charge in [0.05, 0.1) is 12.2 Å². The summed E-state index contributed by atoms with van der Waals surface area (Å²) in [5, 5.41) is 9.11. The van der Waals surface area contributed by atoms with Gasteiger partial charge in [-0.2, -0.15) is 0 Å². The van der Waals surface area contributed by atoms with Crippen molar-refractivity contribution in [3.05, 3.63) is 0 Å². The lowest BCUT2D eigenvalue weighted by atomic mass is 10.2. The minimum atomic E-state index is -0.399. The highest BCUT2D eigenvalue weighted by atomic mass is 16.7. The van der Waals surface area contributed by atoms with E-state index in [0.29, 0.717) is 6.42 Å². The molecular formula is C8H16O4. The van der Waals surface area contributed by atoms with Gasteiger partial charge in [0.25, 0.3) is 0 Å². The molecule has 4 nitrogen and oxygen atoms in total. The van der Waals surface area contributed by atoms with Gasteiger partial charge in [-0.05, 0) is 6.92 Å². The molecule has 3 unspecified atom stereocenters. The van der Waals surface area contributed by atoms with E-state index in [2.05, 4.69) is 0 Å². The van der Waals surface area contributed by atoms with Crippen LogP contribution in [0.3, 0.4) is 0 Å². The fourth-order valence-corrected chi connectivity index (χ4v) is 1.25. The lowest BCUT2D eigenvalue weighted by Crippen LogP contribution is -2.19. The van der Waals surface area contributed by atoms with Crippen LogP contribution >= 0.6 is 0 Å². The van der Waals surface area contributed by atoms with Crippen LogP contribution in [0.1, 0.15) is 13.3 Å². The van der Waals surface area contributed by atoms with Crippen molar-refractivity contribution < 1.29 is 19.3 Å². The Morgan fingerprint density at radius 2 is 2.00 bits per heavy atom. The first-order valence-corrected chi connectivity index (χ1v) is 4.08. The molecule has 1 heterocycles. The average molecular weight is 176 g/mol. The van der Waals surface area contributed by atoms with Gasteiger partial charge < -0.3 is 19.3 Å². The quantitative estimate of drug-likeness (QED) is 0.478. The van der Waals surface area contributed by atoms with E-state index in [1.165, 1.54) is 0 Å². The van der Waals surface area contributed by atoms with Crippen molar-refractivity contribution in [3.63, 3.8) is 0 Å². The van der Waals surface area contributed by atoms with Crippen LogP contribution in [0.25, 0.3) is 0 Å². The van der Waals surface area contributed by atoms with Crippen molar-refractivity contribution >= 4 is 0 Å². The molecule has 72 valence electrons. The zero-order valence-electron chi connectivity index (χ0n) is 7.69. The predicted octanol–water partition coefficient (Wildman–Crippen LogP) is 0.144. The normalized spacial score (nSPS) is 30.8. The van der Waals surface area contributed by atoms with Crippen LogP contribution in [-0.2, 0) is 14.2 Å². The Hall–Kier alpha value is -0.160. The van der Waals surface area contributed by atoms with E-state index in [1.807, 2.05) is 0 Å². The third-order valence-corrected chi connectivity index (χ3v) is 2.05. The maximum Gasteiger partial charge on any atom is 0.159 e. The van der Waals surface area contributed by atoms with Crippen LogP contribution in [0.4, 0.5) is 0 Å². The van der Waals surface area contributed by atoms with Gasteiger partial charge in [-0.25, -0.2) is 0 Å². The first kappa shape index (κ1) is 9.92. The molecule has 1 rings (SSSR count). The molecular weight excluding hydrogens is 160 g/mol. The van der Waals surface area contributed by atoms with Gasteiger partial charge in [0, 0.05) is 20.6 Å². The van der Waals surface area contributed by atoms with Gasteiger partial charge in [0.15, 0.2) is 6.29 Å². The Balaban J connectivity index is 2.17. The molecule has 0 radical (unpaired) electrons. The largest absolute Gasteiger partial charge is 0.391 e. The van der Waals surface area contributed by atoms with E-state index in [-0.39, 0.29) is 18.5 Å². The summed E-state index contributed by atoms with van der Waals surface area (Å²) < 4.78 is 15.2. The molecule has 1 fully saturated rings. The average Bonchev–Trinajstić information content (AvgIpc) is 2.79. The summed E-state index contributed by atoms with van der Waals surface area (Å²) in [4.78, 5) is 0. The second-order valence-electron chi connectivity index (χ2n) is 3.02. The Kier molecular flexibility index (Phi) is 3.46. The molecule has 12 heavy (non-hydrogen) atoms. The molecule has 0 aliphatic carbocycles. The van der Waals surface area contributed by atoms with Crippen LogP contribution < -0.4 is 0 Å². The monoisotopic (exact) mass is 176 g/mol. The molecule has 1 saturated heterocycles. The first-order chi connectivity index (χ1) is 5.69. The summed E-state index contributed by atoms with van der Waals surface area (Å²) in [6, 6.07) is 0. The van der Waals surface area contributed by atoms with Gasteiger partial charge in [0.1, 0.15) is 6.10 Å². The summed E-state index contributed by atoms with van der Waals surface area (Å²) >= 11 is 0. The number of aliphatic hydroxyl groups is 1. The summed E-state index contributed by atoms with van der Waals surface area (Å²) in [5.41, 5.74) is 0. The zero-order chi connectivity index (χ0) is 9.14. The maximum atomic E-state index is 9.11. The molecule has 0 aromatic heterocycles. The zero-order valence-corrected chi connectivity index (χ0v) is 7.69. The van der Waals surface area contributed by atoms with E-state index in [0.717, 1.165) is 0 Å². The van der Waals surface area contributed by atoms with E-state index < -0.39 is 6.10 Å².